The van der Waals surface area contributed by atoms with Gasteiger partial charge in [-0.25, -0.2) is 4.79 Å². The van der Waals surface area contributed by atoms with Crippen LogP contribution in [0.5, 0.6) is 11.5 Å². The number of aliphatic hydroxyl groups is 1. The Morgan fingerprint density at radius 1 is 1.00 bits per heavy atom. The van der Waals surface area contributed by atoms with E-state index in [9.17, 15) is 14.7 Å². The average Bonchev–Trinajstić information content (AvgIpc) is 2.65. The molecular weight excluding hydrogens is 340 g/mol. The standard InChI is InChI=1S/C19H16O7/c20-12(10-24-13-4-2-1-3-5-13)11-25-14-6-7-15-16(21)9-18(19(22)23)26-17(15)8-14/h1-9,12,20H,10-11H2,(H,22,23). The van der Waals surface area contributed by atoms with E-state index in [4.69, 9.17) is 19.0 Å². The van der Waals surface area contributed by atoms with Gasteiger partial charge in [-0.2, -0.15) is 0 Å². The van der Waals surface area contributed by atoms with Gasteiger partial charge in [-0.05, 0) is 24.3 Å². The number of carboxylic acid groups (broad SMARTS) is 1. The van der Waals surface area contributed by atoms with Gasteiger partial charge in [0.1, 0.15) is 36.4 Å². The van der Waals surface area contributed by atoms with Crippen LogP contribution in [0.15, 0.2) is 63.8 Å². The fourth-order valence-corrected chi connectivity index (χ4v) is 2.28. The second kappa shape index (κ2) is 7.71. The molecule has 0 saturated heterocycles. The summed E-state index contributed by atoms with van der Waals surface area (Å²) in [7, 11) is 0. The molecule has 1 unspecified atom stereocenters. The Labute approximate surface area is 148 Å². The van der Waals surface area contributed by atoms with Gasteiger partial charge < -0.3 is 24.1 Å². The van der Waals surface area contributed by atoms with Crippen LogP contribution in [0, 0.1) is 0 Å². The van der Waals surface area contributed by atoms with Crippen LogP contribution in [0.1, 0.15) is 10.6 Å². The molecule has 26 heavy (non-hydrogen) atoms. The fourth-order valence-electron chi connectivity index (χ4n) is 2.28. The summed E-state index contributed by atoms with van der Waals surface area (Å²) < 4.78 is 16.1. The van der Waals surface area contributed by atoms with Crippen LogP contribution in [0.25, 0.3) is 11.0 Å². The summed E-state index contributed by atoms with van der Waals surface area (Å²) >= 11 is 0. The third-order valence-corrected chi connectivity index (χ3v) is 3.54. The Balaban J connectivity index is 1.65. The number of carboxylic acids is 1. The Bertz CT molecular complexity index is 963. The van der Waals surface area contributed by atoms with Crippen LogP contribution >= 0.6 is 0 Å². The van der Waals surface area contributed by atoms with Gasteiger partial charge in [0, 0.05) is 12.1 Å². The highest BCUT2D eigenvalue weighted by Crippen LogP contribution is 2.20. The Morgan fingerprint density at radius 3 is 2.38 bits per heavy atom. The van der Waals surface area contributed by atoms with Crippen LogP contribution in [-0.2, 0) is 0 Å². The number of aromatic carboxylic acids is 1. The molecule has 0 amide bonds. The van der Waals surface area contributed by atoms with Gasteiger partial charge in [-0.1, -0.05) is 18.2 Å². The van der Waals surface area contributed by atoms with Gasteiger partial charge in [0.25, 0.3) is 0 Å². The van der Waals surface area contributed by atoms with Crippen molar-refractivity contribution >= 4 is 16.9 Å². The molecule has 3 rings (SSSR count). The lowest BCUT2D eigenvalue weighted by Gasteiger charge is -2.13. The zero-order valence-electron chi connectivity index (χ0n) is 13.6. The fraction of sp³-hybridized carbons (Fsp3) is 0.158. The van der Waals surface area contributed by atoms with E-state index in [1.165, 1.54) is 12.1 Å². The molecule has 1 aromatic heterocycles. The van der Waals surface area contributed by atoms with Crippen molar-refractivity contribution in [2.24, 2.45) is 0 Å². The molecule has 7 heteroatoms. The van der Waals surface area contributed by atoms with Crippen LogP contribution in [-0.4, -0.2) is 35.5 Å². The molecule has 0 bridgehead atoms. The molecule has 134 valence electrons. The van der Waals surface area contributed by atoms with Crippen LogP contribution in [0.3, 0.4) is 0 Å². The summed E-state index contributed by atoms with van der Waals surface area (Å²) in [6, 6.07) is 14.4. The van der Waals surface area contributed by atoms with E-state index >= 15 is 0 Å². The van der Waals surface area contributed by atoms with Crippen LogP contribution in [0.4, 0.5) is 0 Å². The third kappa shape index (κ3) is 4.20. The monoisotopic (exact) mass is 356 g/mol. The van der Waals surface area contributed by atoms with Crippen molar-refractivity contribution < 1.29 is 28.9 Å². The highest BCUT2D eigenvalue weighted by Gasteiger charge is 2.12. The minimum absolute atomic E-state index is 0.0405. The molecule has 2 aromatic carbocycles. The van der Waals surface area contributed by atoms with Crippen molar-refractivity contribution in [2.45, 2.75) is 6.10 Å². The molecule has 1 heterocycles. The third-order valence-electron chi connectivity index (χ3n) is 3.54. The van der Waals surface area contributed by atoms with Crippen molar-refractivity contribution in [3.05, 3.63) is 70.6 Å². The number of ether oxygens (including phenoxy) is 2. The van der Waals surface area contributed by atoms with Gasteiger partial charge >= 0.3 is 5.97 Å². The van der Waals surface area contributed by atoms with E-state index < -0.39 is 23.3 Å². The van der Waals surface area contributed by atoms with Crippen molar-refractivity contribution in [1.82, 2.24) is 0 Å². The van der Waals surface area contributed by atoms with Crippen molar-refractivity contribution in [2.75, 3.05) is 13.2 Å². The number of fused-ring (bicyclic) bond motifs is 1. The lowest BCUT2D eigenvalue weighted by Crippen LogP contribution is -2.25. The predicted molar refractivity (Wildman–Crippen MR) is 92.9 cm³/mol. The maximum Gasteiger partial charge on any atom is 0.371 e. The van der Waals surface area contributed by atoms with Crippen LogP contribution < -0.4 is 14.9 Å². The summed E-state index contributed by atoms with van der Waals surface area (Å²) in [5, 5.41) is 19.1. The number of benzene rings is 2. The lowest BCUT2D eigenvalue weighted by atomic mass is 10.2. The quantitative estimate of drug-likeness (QED) is 0.669. The molecule has 0 saturated carbocycles. The zero-order valence-corrected chi connectivity index (χ0v) is 13.6. The highest BCUT2D eigenvalue weighted by atomic mass is 16.5. The van der Waals surface area contributed by atoms with E-state index in [1.54, 1.807) is 18.2 Å². The predicted octanol–water partition coefficient (Wildman–Crippen LogP) is 2.31. The number of rotatable bonds is 7. The van der Waals surface area contributed by atoms with Gasteiger partial charge in [0.15, 0.2) is 5.43 Å². The summed E-state index contributed by atoms with van der Waals surface area (Å²) in [5.74, 6) is -0.804. The second-order valence-electron chi connectivity index (χ2n) is 5.53. The molecule has 0 radical (unpaired) electrons. The van der Waals surface area contributed by atoms with Gasteiger partial charge in [-0.3, -0.25) is 4.79 Å². The molecule has 2 N–H and O–H groups in total. The van der Waals surface area contributed by atoms with Gasteiger partial charge in [0.05, 0.1) is 5.39 Å². The van der Waals surface area contributed by atoms with E-state index in [0.29, 0.717) is 11.5 Å². The first-order valence-corrected chi connectivity index (χ1v) is 7.83. The number of hydrogen-bond acceptors (Lipinski definition) is 6. The first-order valence-electron chi connectivity index (χ1n) is 7.83. The molecule has 1 atom stereocenters. The Hall–Kier alpha value is -3.32. The van der Waals surface area contributed by atoms with E-state index in [1.807, 2.05) is 18.2 Å². The summed E-state index contributed by atoms with van der Waals surface area (Å²) in [5.41, 5.74) is -0.353. The Morgan fingerprint density at radius 2 is 1.69 bits per heavy atom. The highest BCUT2D eigenvalue weighted by molar-refractivity contribution is 5.87. The smallest absolute Gasteiger partial charge is 0.371 e. The second-order valence-corrected chi connectivity index (χ2v) is 5.53. The van der Waals surface area contributed by atoms with Crippen molar-refractivity contribution in [3.63, 3.8) is 0 Å². The van der Waals surface area contributed by atoms with Crippen molar-refractivity contribution in [3.8, 4) is 11.5 Å². The maximum absolute atomic E-state index is 11.9. The molecule has 0 spiro atoms. The number of para-hydroxylation sites is 1. The lowest BCUT2D eigenvalue weighted by molar-refractivity contribution is 0.0626. The molecule has 0 aliphatic carbocycles. The normalized spacial score (nSPS) is 11.9. The van der Waals surface area contributed by atoms with E-state index in [2.05, 4.69) is 0 Å². The molecule has 7 nitrogen and oxygen atoms in total. The number of carbonyl (C=O) groups is 1. The van der Waals surface area contributed by atoms with E-state index in [-0.39, 0.29) is 24.2 Å². The molecule has 0 aliphatic rings. The largest absolute Gasteiger partial charge is 0.491 e. The minimum atomic E-state index is -1.33. The molecule has 0 fully saturated rings. The van der Waals surface area contributed by atoms with Gasteiger partial charge in [0.2, 0.25) is 5.76 Å². The average molecular weight is 356 g/mol. The van der Waals surface area contributed by atoms with Gasteiger partial charge in [-0.15, -0.1) is 0 Å². The van der Waals surface area contributed by atoms with Crippen LogP contribution in [0.2, 0.25) is 0 Å². The SMILES string of the molecule is O=C(O)c1cc(=O)c2ccc(OCC(O)COc3ccccc3)cc2o1. The molecular formula is C19H16O7. The zero-order chi connectivity index (χ0) is 18.5. The summed E-state index contributed by atoms with van der Waals surface area (Å²) in [6.07, 6.45) is -0.872. The Kier molecular flexibility index (Phi) is 5.19. The molecule has 0 aliphatic heterocycles. The summed E-state index contributed by atoms with van der Waals surface area (Å²) in [6.45, 7) is 0.0109. The maximum atomic E-state index is 11.9. The molecule has 3 aromatic rings. The number of hydrogen-bond donors (Lipinski definition) is 2. The number of aliphatic hydroxyl groups excluding tert-OH is 1. The van der Waals surface area contributed by atoms with Crippen molar-refractivity contribution in [1.29, 1.82) is 0 Å². The van der Waals surface area contributed by atoms with E-state index in [0.717, 1.165) is 6.07 Å². The first kappa shape index (κ1) is 17.5. The minimum Gasteiger partial charge on any atom is -0.491 e. The first-order chi connectivity index (χ1) is 12.5. The topological polar surface area (TPSA) is 106 Å². The summed E-state index contributed by atoms with van der Waals surface area (Å²) in [4.78, 5) is 22.9.